The van der Waals surface area contributed by atoms with Gasteiger partial charge in [-0.1, -0.05) is 19.4 Å². The van der Waals surface area contributed by atoms with Crippen LogP contribution in [0.3, 0.4) is 0 Å². The maximum absolute atomic E-state index is 6.06. The lowest BCUT2D eigenvalue weighted by molar-refractivity contribution is 0.414. The summed E-state index contributed by atoms with van der Waals surface area (Å²) in [6, 6.07) is 6.22. The highest BCUT2D eigenvalue weighted by molar-refractivity contribution is 5.85. The van der Waals surface area contributed by atoms with Crippen molar-refractivity contribution in [2.45, 2.75) is 32.7 Å². The van der Waals surface area contributed by atoms with E-state index < -0.39 is 0 Å². The van der Waals surface area contributed by atoms with Crippen LogP contribution < -0.4 is 10.5 Å². The minimum Gasteiger partial charge on any atom is -0.497 e. The number of nitrogens with two attached hydrogens (primary N) is 1. The van der Waals surface area contributed by atoms with Gasteiger partial charge in [0, 0.05) is 6.04 Å². The van der Waals surface area contributed by atoms with Gasteiger partial charge in [-0.3, -0.25) is 0 Å². The van der Waals surface area contributed by atoms with Crippen LogP contribution in [0.25, 0.3) is 0 Å². The highest BCUT2D eigenvalue weighted by atomic mass is 35.5. The van der Waals surface area contributed by atoms with Crippen LogP contribution in [0.5, 0.6) is 5.75 Å². The number of methoxy groups -OCH3 is 1. The van der Waals surface area contributed by atoms with Crippen LogP contribution in [0.2, 0.25) is 0 Å². The molecule has 0 heterocycles. The molecule has 0 aliphatic rings. The number of halogens is 1. The van der Waals surface area contributed by atoms with Gasteiger partial charge < -0.3 is 10.5 Å². The Morgan fingerprint density at radius 3 is 2.53 bits per heavy atom. The number of hydrogen-bond donors (Lipinski definition) is 1. The molecule has 0 amide bonds. The van der Waals surface area contributed by atoms with Crippen molar-refractivity contribution in [1.82, 2.24) is 0 Å². The standard InChI is InChI=1S/C12H19NO.ClH/c1-4-5-12(13)11-7-6-10(14-3)8-9(11)2;/h6-8,12H,4-5,13H2,1-3H3;1H/t12-;/m1./s1. The van der Waals surface area contributed by atoms with E-state index in [1.165, 1.54) is 11.1 Å². The lowest BCUT2D eigenvalue weighted by Crippen LogP contribution is -2.11. The van der Waals surface area contributed by atoms with Crippen LogP contribution >= 0.6 is 12.4 Å². The van der Waals surface area contributed by atoms with Gasteiger partial charge in [-0.2, -0.15) is 0 Å². The molecule has 1 aromatic carbocycles. The number of ether oxygens (including phenoxy) is 1. The Morgan fingerprint density at radius 2 is 2.07 bits per heavy atom. The molecule has 0 fully saturated rings. The van der Waals surface area contributed by atoms with Crippen LogP contribution in [0.15, 0.2) is 18.2 Å². The van der Waals surface area contributed by atoms with Gasteiger partial charge in [0.05, 0.1) is 7.11 Å². The molecule has 1 atom stereocenters. The van der Waals surface area contributed by atoms with Crippen LogP contribution in [0.1, 0.15) is 36.9 Å². The summed E-state index contributed by atoms with van der Waals surface area (Å²) in [4.78, 5) is 0. The maximum atomic E-state index is 6.06. The Labute approximate surface area is 98.2 Å². The molecule has 2 N–H and O–H groups in total. The third-order valence-electron chi connectivity index (χ3n) is 2.48. The summed E-state index contributed by atoms with van der Waals surface area (Å²) < 4.78 is 5.15. The molecule has 0 radical (unpaired) electrons. The lowest BCUT2D eigenvalue weighted by Gasteiger charge is -2.14. The first-order valence-corrected chi connectivity index (χ1v) is 5.09. The second-order valence-electron chi connectivity index (χ2n) is 3.62. The number of rotatable bonds is 4. The Kier molecular flexibility index (Phi) is 6.37. The van der Waals surface area contributed by atoms with E-state index in [0.717, 1.165) is 18.6 Å². The largest absolute Gasteiger partial charge is 0.497 e. The summed E-state index contributed by atoms with van der Waals surface area (Å²) in [7, 11) is 1.68. The summed E-state index contributed by atoms with van der Waals surface area (Å²) in [5.74, 6) is 0.898. The van der Waals surface area contributed by atoms with E-state index in [1.807, 2.05) is 12.1 Å². The Hall–Kier alpha value is -0.730. The van der Waals surface area contributed by atoms with Crippen molar-refractivity contribution in [3.05, 3.63) is 29.3 Å². The first-order valence-electron chi connectivity index (χ1n) is 5.09. The van der Waals surface area contributed by atoms with E-state index in [9.17, 15) is 0 Å². The van der Waals surface area contributed by atoms with Crippen LogP contribution in [0, 0.1) is 6.92 Å². The first-order chi connectivity index (χ1) is 6.69. The average Bonchev–Trinajstić information content (AvgIpc) is 2.17. The van der Waals surface area contributed by atoms with E-state index in [2.05, 4.69) is 19.9 Å². The van der Waals surface area contributed by atoms with Crippen molar-refractivity contribution in [1.29, 1.82) is 0 Å². The Bertz CT molecular complexity index is 302. The summed E-state index contributed by atoms with van der Waals surface area (Å²) in [5, 5.41) is 0. The van der Waals surface area contributed by atoms with Crippen molar-refractivity contribution in [2.24, 2.45) is 5.73 Å². The first kappa shape index (κ1) is 14.3. The zero-order valence-electron chi connectivity index (χ0n) is 9.62. The van der Waals surface area contributed by atoms with Gasteiger partial charge in [0.15, 0.2) is 0 Å². The van der Waals surface area contributed by atoms with Crippen LogP contribution in [0.4, 0.5) is 0 Å². The van der Waals surface area contributed by atoms with Gasteiger partial charge in [0.1, 0.15) is 5.75 Å². The summed E-state index contributed by atoms with van der Waals surface area (Å²) in [6.45, 7) is 4.23. The minimum absolute atomic E-state index is 0. The smallest absolute Gasteiger partial charge is 0.119 e. The van der Waals surface area contributed by atoms with Gasteiger partial charge in [-0.05, 0) is 36.6 Å². The van der Waals surface area contributed by atoms with Crippen LogP contribution in [-0.2, 0) is 0 Å². The third-order valence-corrected chi connectivity index (χ3v) is 2.48. The lowest BCUT2D eigenvalue weighted by atomic mass is 9.98. The molecule has 2 nitrogen and oxygen atoms in total. The molecule has 0 aliphatic carbocycles. The predicted octanol–water partition coefficient (Wildman–Crippen LogP) is 3.23. The van der Waals surface area contributed by atoms with Crippen molar-refractivity contribution in [2.75, 3.05) is 7.11 Å². The fourth-order valence-electron chi connectivity index (χ4n) is 1.66. The highest BCUT2D eigenvalue weighted by Gasteiger charge is 2.08. The topological polar surface area (TPSA) is 35.2 Å². The molecule has 1 rings (SSSR count). The molecular weight excluding hydrogens is 210 g/mol. The van der Waals surface area contributed by atoms with Crippen molar-refractivity contribution >= 4 is 12.4 Å². The van der Waals surface area contributed by atoms with E-state index in [4.69, 9.17) is 10.5 Å². The molecule has 15 heavy (non-hydrogen) atoms. The quantitative estimate of drug-likeness (QED) is 0.861. The van der Waals surface area contributed by atoms with Gasteiger partial charge in [0.25, 0.3) is 0 Å². The molecule has 0 saturated carbocycles. The van der Waals surface area contributed by atoms with Gasteiger partial charge in [-0.25, -0.2) is 0 Å². The zero-order chi connectivity index (χ0) is 10.6. The average molecular weight is 230 g/mol. The molecule has 1 aromatic rings. The third kappa shape index (κ3) is 3.73. The Balaban J connectivity index is 0.00000196. The number of aryl methyl sites for hydroxylation is 1. The zero-order valence-corrected chi connectivity index (χ0v) is 10.4. The predicted molar refractivity (Wildman–Crippen MR) is 66.8 cm³/mol. The SMILES string of the molecule is CCC[C@@H](N)c1ccc(OC)cc1C.Cl. The van der Waals surface area contributed by atoms with Crippen molar-refractivity contribution in [3.8, 4) is 5.75 Å². The fraction of sp³-hybridized carbons (Fsp3) is 0.500. The van der Waals surface area contributed by atoms with Gasteiger partial charge in [0.2, 0.25) is 0 Å². The van der Waals surface area contributed by atoms with E-state index in [-0.39, 0.29) is 18.4 Å². The minimum atomic E-state index is 0. The Morgan fingerprint density at radius 1 is 1.40 bits per heavy atom. The molecule has 0 saturated heterocycles. The normalized spacial score (nSPS) is 11.7. The second-order valence-corrected chi connectivity index (χ2v) is 3.62. The molecule has 0 aliphatic heterocycles. The highest BCUT2D eigenvalue weighted by Crippen LogP contribution is 2.23. The van der Waals surface area contributed by atoms with Crippen LogP contribution in [-0.4, -0.2) is 7.11 Å². The number of benzene rings is 1. The van der Waals surface area contributed by atoms with Crippen molar-refractivity contribution in [3.63, 3.8) is 0 Å². The monoisotopic (exact) mass is 229 g/mol. The summed E-state index contributed by atoms with van der Waals surface area (Å²) >= 11 is 0. The van der Waals surface area contributed by atoms with E-state index in [1.54, 1.807) is 7.11 Å². The van der Waals surface area contributed by atoms with Crippen molar-refractivity contribution < 1.29 is 4.74 Å². The maximum Gasteiger partial charge on any atom is 0.119 e. The molecule has 3 heteroatoms. The van der Waals surface area contributed by atoms with Gasteiger partial charge in [-0.15, -0.1) is 12.4 Å². The van der Waals surface area contributed by atoms with E-state index in [0.29, 0.717) is 0 Å². The second kappa shape index (κ2) is 6.70. The van der Waals surface area contributed by atoms with E-state index >= 15 is 0 Å². The molecule has 0 unspecified atom stereocenters. The summed E-state index contributed by atoms with van der Waals surface area (Å²) in [6.07, 6.45) is 2.15. The molecular formula is C12H20ClNO. The molecule has 0 aromatic heterocycles. The summed E-state index contributed by atoms with van der Waals surface area (Å²) in [5.41, 5.74) is 8.50. The fourth-order valence-corrected chi connectivity index (χ4v) is 1.66. The molecule has 86 valence electrons. The molecule has 0 spiro atoms. The number of hydrogen-bond acceptors (Lipinski definition) is 2. The van der Waals surface area contributed by atoms with Gasteiger partial charge >= 0.3 is 0 Å². The molecule has 0 bridgehead atoms.